The zero-order valence-corrected chi connectivity index (χ0v) is 19.7. The van der Waals surface area contributed by atoms with Gasteiger partial charge in [-0.3, -0.25) is 9.89 Å². The molecule has 4 rings (SSSR count). The quantitative estimate of drug-likeness (QED) is 0.555. The van der Waals surface area contributed by atoms with Crippen LogP contribution in [-0.4, -0.2) is 39.8 Å². The Morgan fingerprint density at radius 2 is 1.66 bits per heavy atom. The average Bonchev–Trinajstić information content (AvgIpc) is 3.29. The molecule has 1 amide bonds. The first kappa shape index (κ1) is 21.9. The molecule has 6 heteroatoms. The summed E-state index contributed by atoms with van der Waals surface area (Å²) in [4.78, 5) is 15.4. The third kappa shape index (κ3) is 3.74. The molecule has 0 saturated heterocycles. The molecule has 1 aromatic heterocycles. The maximum atomic E-state index is 13.5. The highest BCUT2D eigenvalue weighted by Gasteiger charge is 2.46. The fraction of sp³-hybridized carbons (Fsp3) is 0.385. The lowest BCUT2D eigenvalue weighted by Gasteiger charge is -2.38. The van der Waals surface area contributed by atoms with Crippen molar-refractivity contribution < 1.29 is 14.3 Å². The lowest BCUT2D eigenvalue weighted by Crippen LogP contribution is -2.44. The molecule has 6 nitrogen and oxygen atoms in total. The number of carbonyl (C=O) groups is 1. The molecular formula is C26H31N3O3. The number of H-pyrrole nitrogens is 1. The van der Waals surface area contributed by atoms with Gasteiger partial charge in [0.2, 0.25) is 0 Å². The van der Waals surface area contributed by atoms with Gasteiger partial charge in [-0.15, -0.1) is 0 Å². The number of benzene rings is 2. The molecule has 1 atom stereocenters. The maximum Gasteiger partial charge on any atom is 0.273 e. The highest BCUT2D eigenvalue weighted by atomic mass is 16.5. The summed E-state index contributed by atoms with van der Waals surface area (Å²) in [7, 11) is 0. The first-order chi connectivity index (χ1) is 15.3. The molecular weight excluding hydrogens is 402 g/mol. The maximum absolute atomic E-state index is 13.5. The predicted molar refractivity (Wildman–Crippen MR) is 125 cm³/mol. The van der Waals surface area contributed by atoms with Gasteiger partial charge in [0.1, 0.15) is 5.69 Å². The normalized spacial score (nSPS) is 15.8. The molecule has 1 unspecified atom stereocenters. The van der Waals surface area contributed by atoms with Gasteiger partial charge in [0, 0.05) is 16.7 Å². The van der Waals surface area contributed by atoms with E-state index in [-0.39, 0.29) is 11.9 Å². The minimum Gasteiger partial charge on any atom is -0.490 e. The van der Waals surface area contributed by atoms with Gasteiger partial charge in [-0.2, -0.15) is 5.10 Å². The van der Waals surface area contributed by atoms with E-state index in [1.54, 1.807) is 0 Å². The molecule has 0 aliphatic carbocycles. The third-order valence-corrected chi connectivity index (χ3v) is 5.70. The minimum absolute atomic E-state index is 0.0461. The van der Waals surface area contributed by atoms with Crippen molar-refractivity contribution in [3.05, 3.63) is 64.8 Å². The number of rotatable bonds is 6. The largest absolute Gasteiger partial charge is 0.490 e. The highest BCUT2D eigenvalue weighted by Crippen LogP contribution is 2.47. The molecule has 3 aromatic rings. The Balaban J connectivity index is 1.90. The van der Waals surface area contributed by atoms with Crippen LogP contribution >= 0.6 is 0 Å². The summed E-state index contributed by atoms with van der Waals surface area (Å²) >= 11 is 0. The zero-order valence-electron chi connectivity index (χ0n) is 19.7. The summed E-state index contributed by atoms with van der Waals surface area (Å²) in [5, 5.41) is 7.58. The van der Waals surface area contributed by atoms with Gasteiger partial charge in [0.05, 0.1) is 24.9 Å². The molecule has 2 aromatic carbocycles. The number of aryl methyl sites for hydroxylation is 1. The van der Waals surface area contributed by atoms with Crippen molar-refractivity contribution in [3.63, 3.8) is 0 Å². The number of hydrogen-bond acceptors (Lipinski definition) is 4. The smallest absolute Gasteiger partial charge is 0.273 e. The van der Waals surface area contributed by atoms with Crippen LogP contribution in [0.15, 0.2) is 42.5 Å². The zero-order chi connectivity index (χ0) is 23.0. The summed E-state index contributed by atoms with van der Waals surface area (Å²) in [5.41, 5.74) is 4.99. The van der Waals surface area contributed by atoms with Gasteiger partial charge >= 0.3 is 0 Å². The molecule has 0 spiro atoms. The molecule has 0 fully saturated rings. The Morgan fingerprint density at radius 1 is 1.00 bits per heavy atom. The molecule has 1 N–H and O–H groups in total. The van der Waals surface area contributed by atoms with Crippen molar-refractivity contribution in [2.45, 2.75) is 53.1 Å². The van der Waals surface area contributed by atoms with Crippen LogP contribution in [0.25, 0.3) is 11.3 Å². The fourth-order valence-electron chi connectivity index (χ4n) is 4.32. The fourth-order valence-corrected chi connectivity index (χ4v) is 4.32. The van der Waals surface area contributed by atoms with Crippen molar-refractivity contribution in [2.24, 2.45) is 0 Å². The van der Waals surface area contributed by atoms with Gasteiger partial charge < -0.3 is 14.4 Å². The topological polar surface area (TPSA) is 67.5 Å². The molecule has 32 heavy (non-hydrogen) atoms. The molecule has 168 valence electrons. The van der Waals surface area contributed by atoms with Crippen LogP contribution in [0.2, 0.25) is 0 Å². The number of amides is 1. The lowest BCUT2D eigenvalue weighted by molar-refractivity contribution is 0.0545. The van der Waals surface area contributed by atoms with E-state index in [1.165, 1.54) is 5.56 Å². The first-order valence-corrected chi connectivity index (χ1v) is 11.1. The summed E-state index contributed by atoms with van der Waals surface area (Å²) in [5.74, 6) is 1.34. The lowest BCUT2D eigenvalue weighted by atomic mass is 9.93. The number of hydrogen-bond donors (Lipinski definition) is 1. The third-order valence-electron chi connectivity index (χ3n) is 5.70. The Labute approximate surface area is 189 Å². The summed E-state index contributed by atoms with van der Waals surface area (Å²) in [6.45, 7) is 13.2. The number of aromatic nitrogens is 2. The molecule has 0 bridgehead atoms. The second-order valence-corrected chi connectivity index (χ2v) is 9.05. The van der Waals surface area contributed by atoms with Crippen LogP contribution in [0.1, 0.15) is 67.8 Å². The number of carbonyl (C=O) groups excluding carboxylic acids is 1. The van der Waals surface area contributed by atoms with Gasteiger partial charge in [-0.05, 0) is 59.2 Å². The van der Waals surface area contributed by atoms with E-state index < -0.39 is 5.54 Å². The van der Waals surface area contributed by atoms with E-state index in [4.69, 9.17) is 9.47 Å². The number of nitrogens with zero attached hydrogens (tertiary/aromatic N) is 2. The summed E-state index contributed by atoms with van der Waals surface area (Å²) < 4.78 is 11.6. The van der Waals surface area contributed by atoms with E-state index in [2.05, 4.69) is 62.2 Å². The average molecular weight is 434 g/mol. The van der Waals surface area contributed by atoms with Crippen molar-refractivity contribution in [1.29, 1.82) is 0 Å². The van der Waals surface area contributed by atoms with E-state index in [1.807, 2.05) is 36.9 Å². The van der Waals surface area contributed by atoms with Crippen molar-refractivity contribution in [3.8, 4) is 22.8 Å². The molecule has 0 saturated carbocycles. The van der Waals surface area contributed by atoms with Crippen LogP contribution in [0, 0.1) is 6.92 Å². The standard InChI is InChI=1S/C26H31N3O3/c1-7-31-19-14-13-18(15-20(19)32-8-2)24-21-22(17-11-9-16(3)10-12-17)27-28-23(21)25(30)29(24)26(4,5)6/h9-15,24H,7-8H2,1-6H3,(H,27,28). The predicted octanol–water partition coefficient (Wildman–Crippen LogP) is 5.53. The van der Waals surface area contributed by atoms with E-state index in [9.17, 15) is 4.79 Å². The van der Waals surface area contributed by atoms with Crippen LogP contribution < -0.4 is 9.47 Å². The van der Waals surface area contributed by atoms with Crippen molar-refractivity contribution >= 4 is 5.91 Å². The monoisotopic (exact) mass is 433 g/mol. The van der Waals surface area contributed by atoms with Crippen molar-refractivity contribution in [2.75, 3.05) is 13.2 Å². The van der Waals surface area contributed by atoms with Gasteiger partial charge in [0.25, 0.3) is 5.91 Å². The Morgan fingerprint density at radius 3 is 2.28 bits per heavy atom. The number of nitrogens with one attached hydrogen (secondary N) is 1. The summed E-state index contributed by atoms with van der Waals surface area (Å²) in [6.07, 6.45) is 0. The van der Waals surface area contributed by atoms with Gasteiger partial charge in [-0.1, -0.05) is 35.9 Å². The SMILES string of the molecule is CCOc1ccc(C2c3c(-c4ccc(C)cc4)n[nH]c3C(=O)N2C(C)(C)C)cc1OCC. The Kier molecular flexibility index (Phi) is 5.71. The number of aromatic amines is 1. The molecule has 0 radical (unpaired) electrons. The molecule has 1 aliphatic heterocycles. The van der Waals surface area contributed by atoms with Crippen LogP contribution in [0.4, 0.5) is 0 Å². The second kappa shape index (κ2) is 8.34. The number of fused-ring (bicyclic) bond motifs is 1. The van der Waals surface area contributed by atoms with E-state index in [0.717, 1.165) is 22.4 Å². The minimum atomic E-state index is -0.392. The second-order valence-electron chi connectivity index (χ2n) is 9.05. The summed E-state index contributed by atoms with van der Waals surface area (Å²) in [6, 6.07) is 13.9. The van der Waals surface area contributed by atoms with Gasteiger partial charge in [-0.25, -0.2) is 0 Å². The highest BCUT2D eigenvalue weighted by molar-refractivity contribution is 6.00. The van der Waals surface area contributed by atoms with Crippen molar-refractivity contribution in [1.82, 2.24) is 15.1 Å². The van der Waals surface area contributed by atoms with Crippen LogP contribution in [0.5, 0.6) is 11.5 Å². The first-order valence-electron chi connectivity index (χ1n) is 11.1. The van der Waals surface area contributed by atoms with Gasteiger partial charge in [0.15, 0.2) is 11.5 Å². The Bertz CT molecular complexity index is 1130. The van der Waals surface area contributed by atoms with Crippen LogP contribution in [0.3, 0.4) is 0 Å². The van der Waals surface area contributed by atoms with E-state index >= 15 is 0 Å². The molecule has 1 aliphatic rings. The number of ether oxygens (including phenoxy) is 2. The Hall–Kier alpha value is -3.28. The van der Waals surface area contributed by atoms with E-state index in [0.29, 0.717) is 30.4 Å². The van der Waals surface area contributed by atoms with Crippen LogP contribution in [-0.2, 0) is 0 Å². The molecule has 2 heterocycles.